The fourth-order valence-corrected chi connectivity index (χ4v) is 2.74. The van der Waals surface area contributed by atoms with E-state index in [4.69, 9.17) is 0 Å². The minimum Gasteiger partial charge on any atom is -0.354 e. The van der Waals surface area contributed by atoms with Crippen molar-refractivity contribution in [1.82, 2.24) is 14.5 Å². The molecule has 0 spiro atoms. The zero-order valence-electron chi connectivity index (χ0n) is 17.1. The minimum absolute atomic E-state index is 0.0650. The van der Waals surface area contributed by atoms with Crippen LogP contribution in [-0.2, 0) is 26.2 Å². The number of amides is 2. The van der Waals surface area contributed by atoms with Crippen LogP contribution in [0, 0.1) is 11.7 Å². The molecular formula is C19H30FN3O4S. The molecule has 1 aromatic carbocycles. The van der Waals surface area contributed by atoms with Crippen LogP contribution in [0.3, 0.4) is 0 Å². The number of sulfonamides is 1. The van der Waals surface area contributed by atoms with E-state index < -0.39 is 27.8 Å². The van der Waals surface area contributed by atoms with Gasteiger partial charge in [-0.1, -0.05) is 26.0 Å². The van der Waals surface area contributed by atoms with Crippen LogP contribution in [0.2, 0.25) is 0 Å². The Morgan fingerprint density at radius 3 is 2.21 bits per heavy atom. The van der Waals surface area contributed by atoms with E-state index in [0.29, 0.717) is 18.0 Å². The van der Waals surface area contributed by atoms with Crippen molar-refractivity contribution in [1.29, 1.82) is 0 Å². The van der Waals surface area contributed by atoms with Crippen molar-refractivity contribution >= 4 is 21.8 Å². The Balaban J connectivity index is 2.96. The molecule has 0 saturated heterocycles. The molecule has 7 nitrogen and oxygen atoms in total. The van der Waals surface area contributed by atoms with Crippen LogP contribution >= 0.6 is 0 Å². The molecule has 2 amide bonds. The van der Waals surface area contributed by atoms with Crippen molar-refractivity contribution in [2.24, 2.45) is 5.92 Å². The molecule has 28 heavy (non-hydrogen) atoms. The fraction of sp³-hybridized carbons (Fsp3) is 0.579. The molecule has 1 aromatic rings. The molecule has 1 N–H and O–H groups in total. The lowest BCUT2D eigenvalue weighted by Gasteiger charge is -2.30. The standard InChI is InChI=1S/C19H30FN3O4S/c1-14(2)10-11-21-19(25)15(3)23(12-16-6-8-17(20)9-7-16)18(24)13-22(4)28(5,26)27/h6-9,14-15H,10-13H2,1-5H3,(H,21,25)/t15-/m0/s1. The Labute approximate surface area is 166 Å². The van der Waals surface area contributed by atoms with Crippen LogP contribution in [0.25, 0.3) is 0 Å². The van der Waals surface area contributed by atoms with Gasteiger partial charge >= 0.3 is 0 Å². The number of nitrogens with one attached hydrogen (secondary N) is 1. The summed E-state index contributed by atoms with van der Waals surface area (Å²) < 4.78 is 37.3. The summed E-state index contributed by atoms with van der Waals surface area (Å²) in [7, 11) is -2.24. The largest absolute Gasteiger partial charge is 0.354 e. The number of carbonyl (C=O) groups is 2. The zero-order chi connectivity index (χ0) is 21.5. The average Bonchev–Trinajstić information content (AvgIpc) is 2.59. The van der Waals surface area contributed by atoms with Crippen molar-refractivity contribution in [3.63, 3.8) is 0 Å². The molecule has 0 heterocycles. The van der Waals surface area contributed by atoms with Gasteiger partial charge in [0.1, 0.15) is 11.9 Å². The van der Waals surface area contributed by atoms with Crippen LogP contribution < -0.4 is 5.32 Å². The highest BCUT2D eigenvalue weighted by Gasteiger charge is 2.28. The van der Waals surface area contributed by atoms with E-state index in [0.717, 1.165) is 17.0 Å². The lowest BCUT2D eigenvalue weighted by atomic mass is 10.1. The molecule has 1 rings (SSSR count). The Morgan fingerprint density at radius 1 is 1.14 bits per heavy atom. The smallest absolute Gasteiger partial charge is 0.242 e. The van der Waals surface area contributed by atoms with Gasteiger partial charge in [-0.15, -0.1) is 0 Å². The molecule has 0 radical (unpaired) electrons. The van der Waals surface area contributed by atoms with Crippen LogP contribution in [0.4, 0.5) is 4.39 Å². The second-order valence-electron chi connectivity index (χ2n) is 7.32. The Morgan fingerprint density at radius 2 is 1.71 bits per heavy atom. The molecule has 158 valence electrons. The van der Waals surface area contributed by atoms with Gasteiger partial charge in [0.05, 0.1) is 12.8 Å². The molecule has 0 aliphatic rings. The second kappa shape index (κ2) is 10.5. The molecule has 9 heteroatoms. The first kappa shape index (κ1) is 24.0. The van der Waals surface area contributed by atoms with Gasteiger partial charge in [0.2, 0.25) is 21.8 Å². The summed E-state index contributed by atoms with van der Waals surface area (Å²) in [6.07, 6.45) is 1.81. The van der Waals surface area contributed by atoms with Gasteiger partial charge in [-0.2, -0.15) is 4.31 Å². The number of carbonyl (C=O) groups excluding carboxylic acids is 2. The molecule has 0 aromatic heterocycles. The van der Waals surface area contributed by atoms with E-state index in [1.807, 2.05) is 13.8 Å². The van der Waals surface area contributed by atoms with Crippen LogP contribution in [-0.4, -0.2) is 61.9 Å². The Hall–Kier alpha value is -2.00. The second-order valence-corrected chi connectivity index (χ2v) is 9.41. The highest BCUT2D eigenvalue weighted by Crippen LogP contribution is 2.12. The summed E-state index contributed by atoms with van der Waals surface area (Å²) in [5.41, 5.74) is 0.638. The quantitative estimate of drug-likeness (QED) is 0.629. The third-order valence-electron chi connectivity index (χ3n) is 4.38. The average molecular weight is 416 g/mol. The van der Waals surface area contributed by atoms with Crippen LogP contribution in [0.15, 0.2) is 24.3 Å². The number of hydrogen-bond acceptors (Lipinski definition) is 4. The van der Waals surface area contributed by atoms with E-state index in [-0.39, 0.29) is 19.0 Å². The van der Waals surface area contributed by atoms with Gasteiger partial charge in [0.25, 0.3) is 0 Å². The summed E-state index contributed by atoms with van der Waals surface area (Å²) in [5.74, 6) is -0.809. The zero-order valence-corrected chi connectivity index (χ0v) is 17.9. The molecule has 0 bridgehead atoms. The lowest BCUT2D eigenvalue weighted by Crippen LogP contribution is -2.50. The third-order valence-corrected chi connectivity index (χ3v) is 5.64. The fourth-order valence-electron chi connectivity index (χ4n) is 2.40. The first-order valence-electron chi connectivity index (χ1n) is 9.14. The van der Waals surface area contributed by atoms with Gasteiger partial charge < -0.3 is 10.2 Å². The molecule has 1 atom stereocenters. The van der Waals surface area contributed by atoms with E-state index in [9.17, 15) is 22.4 Å². The monoisotopic (exact) mass is 415 g/mol. The number of rotatable bonds is 10. The van der Waals surface area contributed by atoms with Crippen molar-refractivity contribution in [3.8, 4) is 0 Å². The Bertz CT molecular complexity index is 766. The number of hydrogen-bond donors (Lipinski definition) is 1. The van der Waals surface area contributed by atoms with Gasteiger partial charge in [0.15, 0.2) is 0 Å². The molecule has 0 aliphatic carbocycles. The van der Waals surface area contributed by atoms with E-state index in [2.05, 4.69) is 5.32 Å². The predicted molar refractivity (Wildman–Crippen MR) is 106 cm³/mol. The van der Waals surface area contributed by atoms with Crippen LogP contribution in [0.5, 0.6) is 0 Å². The molecule has 0 unspecified atom stereocenters. The van der Waals surface area contributed by atoms with Crippen molar-refractivity contribution in [2.75, 3.05) is 26.4 Å². The van der Waals surface area contributed by atoms with Gasteiger partial charge in [0, 0.05) is 20.1 Å². The van der Waals surface area contributed by atoms with Crippen molar-refractivity contribution in [2.45, 2.75) is 39.8 Å². The van der Waals surface area contributed by atoms with E-state index in [1.165, 1.54) is 36.2 Å². The molecule has 0 fully saturated rings. The molecule has 0 saturated carbocycles. The lowest BCUT2D eigenvalue weighted by molar-refractivity contribution is -0.140. The van der Waals surface area contributed by atoms with Gasteiger partial charge in [-0.25, -0.2) is 12.8 Å². The first-order valence-corrected chi connectivity index (χ1v) is 11.0. The maximum Gasteiger partial charge on any atom is 0.242 e. The van der Waals surface area contributed by atoms with E-state index in [1.54, 1.807) is 6.92 Å². The maximum absolute atomic E-state index is 13.2. The summed E-state index contributed by atoms with van der Waals surface area (Å²) in [6, 6.07) is 4.79. The molecular weight excluding hydrogens is 385 g/mol. The Kier molecular flexibility index (Phi) is 9.03. The normalized spacial score (nSPS) is 12.9. The summed E-state index contributed by atoms with van der Waals surface area (Å²) >= 11 is 0. The van der Waals surface area contributed by atoms with Gasteiger partial charge in [-0.3, -0.25) is 9.59 Å². The summed E-state index contributed by atoms with van der Waals surface area (Å²) in [5, 5.41) is 2.80. The number of halogens is 1. The predicted octanol–water partition coefficient (Wildman–Crippen LogP) is 1.60. The van der Waals surface area contributed by atoms with Crippen molar-refractivity contribution < 1.29 is 22.4 Å². The van der Waals surface area contributed by atoms with E-state index >= 15 is 0 Å². The first-order chi connectivity index (χ1) is 12.9. The molecule has 0 aliphatic heterocycles. The SMILES string of the molecule is CC(C)CCNC(=O)[C@H](C)N(Cc1ccc(F)cc1)C(=O)CN(C)S(C)(=O)=O. The summed E-state index contributed by atoms with van der Waals surface area (Å²) in [6.45, 7) is 5.84. The number of benzene rings is 1. The highest BCUT2D eigenvalue weighted by atomic mass is 32.2. The van der Waals surface area contributed by atoms with Crippen molar-refractivity contribution in [3.05, 3.63) is 35.6 Å². The number of nitrogens with zero attached hydrogens (tertiary/aromatic N) is 2. The maximum atomic E-state index is 13.2. The third kappa shape index (κ3) is 7.93. The number of likely N-dealkylation sites (N-methyl/N-ethyl adjacent to an activating group) is 1. The topological polar surface area (TPSA) is 86.8 Å². The summed E-state index contributed by atoms with van der Waals surface area (Å²) in [4.78, 5) is 26.6. The van der Waals surface area contributed by atoms with Gasteiger partial charge in [-0.05, 0) is 37.0 Å². The highest BCUT2D eigenvalue weighted by molar-refractivity contribution is 7.88. The van der Waals surface area contributed by atoms with Crippen LogP contribution in [0.1, 0.15) is 32.8 Å². The minimum atomic E-state index is -3.54.